The van der Waals surface area contributed by atoms with Crippen LogP contribution < -0.4 is 5.32 Å². The van der Waals surface area contributed by atoms with Gasteiger partial charge in [0.05, 0.1) is 0 Å². The molecule has 17 heavy (non-hydrogen) atoms. The molecule has 0 aromatic carbocycles. The predicted octanol–water partition coefficient (Wildman–Crippen LogP) is 1.65. The van der Waals surface area contributed by atoms with Crippen LogP contribution in [0.2, 0.25) is 0 Å². The standard InChI is InChI=1S/C14H31N3/c1-13(2)6-5-9-16(3)10-7-14-12-15-8-11-17(14)4/h13-15H,5-12H2,1-4H3. The van der Waals surface area contributed by atoms with Crippen LogP contribution in [0.25, 0.3) is 0 Å². The number of piperazine rings is 1. The number of hydrogen-bond donors (Lipinski definition) is 1. The van der Waals surface area contributed by atoms with Crippen LogP contribution in [0.5, 0.6) is 0 Å². The van der Waals surface area contributed by atoms with Crippen molar-refractivity contribution < 1.29 is 0 Å². The monoisotopic (exact) mass is 241 g/mol. The molecule has 0 bridgehead atoms. The highest BCUT2D eigenvalue weighted by molar-refractivity contribution is 4.77. The molecule has 1 aliphatic heterocycles. The Kier molecular flexibility index (Phi) is 7.09. The van der Waals surface area contributed by atoms with Crippen LogP contribution in [0.1, 0.15) is 33.1 Å². The number of nitrogens with one attached hydrogen (secondary N) is 1. The first kappa shape index (κ1) is 14.9. The van der Waals surface area contributed by atoms with E-state index in [1.807, 2.05) is 0 Å². The number of likely N-dealkylation sites (N-methyl/N-ethyl adjacent to an activating group) is 1. The summed E-state index contributed by atoms with van der Waals surface area (Å²) in [5.41, 5.74) is 0. The Morgan fingerprint density at radius 1 is 1.35 bits per heavy atom. The van der Waals surface area contributed by atoms with E-state index < -0.39 is 0 Å². The number of hydrogen-bond acceptors (Lipinski definition) is 3. The maximum Gasteiger partial charge on any atom is 0.0230 e. The molecule has 0 radical (unpaired) electrons. The van der Waals surface area contributed by atoms with Gasteiger partial charge in [0.25, 0.3) is 0 Å². The summed E-state index contributed by atoms with van der Waals surface area (Å²) in [6.07, 6.45) is 3.99. The molecule has 0 amide bonds. The van der Waals surface area contributed by atoms with E-state index in [0.29, 0.717) is 0 Å². The van der Waals surface area contributed by atoms with Gasteiger partial charge in [-0.3, -0.25) is 0 Å². The minimum Gasteiger partial charge on any atom is -0.314 e. The van der Waals surface area contributed by atoms with Gasteiger partial charge in [0.2, 0.25) is 0 Å². The molecular weight excluding hydrogens is 210 g/mol. The third kappa shape index (κ3) is 6.39. The third-order valence-electron chi connectivity index (χ3n) is 3.81. The highest BCUT2D eigenvalue weighted by Crippen LogP contribution is 2.07. The van der Waals surface area contributed by atoms with Crippen molar-refractivity contribution in [2.45, 2.75) is 39.2 Å². The zero-order valence-electron chi connectivity index (χ0n) is 12.2. The summed E-state index contributed by atoms with van der Waals surface area (Å²) < 4.78 is 0. The Labute approximate surface area is 108 Å². The lowest BCUT2D eigenvalue weighted by atomic mass is 10.1. The molecule has 1 rings (SSSR count). The van der Waals surface area contributed by atoms with Crippen molar-refractivity contribution >= 4 is 0 Å². The van der Waals surface area contributed by atoms with Crippen LogP contribution >= 0.6 is 0 Å². The molecule has 0 aromatic heterocycles. The summed E-state index contributed by atoms with van der Waals surface area (Å²) in [6.45, 7) is 10.6. The van der Waals surface area contributed by atoms with Crippen molar-refractivity contribution in [3.8, 4) is 0 Å². The predicted molar refractivity (Wildman–Crippen MR) is 75.5 cm³/mol. The Bertz CT molecular complexity index is 194. The van der Waals surface area contributed by atoms with Crippen LogP contribution in [0.3, 0.4) is 0 Å². The first-order valence-electron chi connectivity index (χ1n) is 7.19. The van der Waals surface area contributed by atoms with Crippen LogP contribution in [-0.2, 0) is 0 Å². The van der Waals surface area contributed by atoms with E-state index in [1.54, 1.807) is 0 Å². The highest BCUT2D eigenvalue weighted by atomic mass is 15.2. The van der Waals surface area contributed by atoms with Crippen molar-refractivity contribution in [3.05, 3.63) is 0 Å². The molecule has 1 fully saturated rings. The van der Waals surface area contributed by atoms with Gasteiger partial charge in [-0.05, 0) is 52.4 Å². The van der Waals surface area contributed by atoms with Gasteiger partial charge >= 0.3 is 0 Å². The Hall–Kier alpha value is -0.120. The summed E-state index contributed by atoms with van der Waals surface area (Å²) in [5, 5.41) is 3.49. The lowest BCUT2D eigenvalue weighted by Gasteiger charge is -2.34. The fourth-order valence-electron chi connectivity index (χ4n) is 2.44. The molecule has 3 heteroatoms. The zero-order chi connectivity index (χ0) is 12.7. The minimum atomic E-state index is 0.733. The topological polar surface area (TPSA) is 18.5 Å². The number of rotatable bonds is 7. The fraction of sp³-hybridized carbons (Fsp3) is 1.00. The molecule has 1 heterocycles. The maximum atomic E-state index is 3.49. The lowest BCUT2D eigenvalue weighted by Crippen LogP contribution is -2.50. The molecular formula is C14H31N3. The summed E-state index contributed by atoms with van der Waals surface area (Å²) >= 11 is 0. The molecule has 102 valence electrons. The smallest absolute Gasteiger partial charge is 0.0230 e. The quantitative estimate of drug-likeness (QED) is 0.731. The summed E-state index contributed by atoms with van der Waals surface area (Å²) in [5.74, 6) is 0.845. The molecule has 3 nitrogen and oxygen atoms in total. The molecule has 0 aliphatic carbocycles. The van der Waals surface area contributed by atoms with E-state index in [2.05, 4.69) is 43.1 Å². The second-order valence-electron chi connectivity index (χ2n) is 5.97. The molecule has 1 unspecified atom stereocenters. The first-order chi connectivity index (χ1) is 8.09. The molecule has 1 atom stereocenters. The average molecular weight is 241 g/mol. The second kappa shape index (κ2) is 8.06. The van der Waals surface area contributed by atoms with Crippen molar-refractivity contribution in [1.82, 2.24) is 15.1 Å². The normalized spacial score (nSPS) is 22.6. The van der Waals surface area contributed by atoms with Gasteiger partial charge in [-0.2, -0.15) is 0 Å². The Morgan fingerprint density at radius 3 is 2.76 bits per heavy atom. The largest absolute Gasteiger partial charge is 0.314 e. The van der Waals surface area contributed by atoms with Crippen LogP contribution in [0.4, 0.5) is 0 Å². The zero-order valence-corrected chi connectivity index (χ0v) is 12.2. The van der Waals surface area contributed by atoms with E-state index in [-0.39, 0.29) is 0 Å². The van der Waals surface area contributed by atoms with Gasteiger partial charge in [-0.15, -0.1) is 0 Å². The van der Waals surface area contributed by atoms with E-state index >= 15 is 0 Å². The van der Waals surface area contributed by atoms with E-state index in [9.17, 15) is 0 Å². The molecule has 0 aromatic rings. The Morgan fingerprint density at radius 2 is 2.12 bits per heavy atom. The van der Waals surface area contributed by atoms with Crippen molar-refractivity contribution in [3.63, 3.8) is 0 Å². The van der Waals surface area contributed by atoms with Gasteiger partial charge in [-0.1, -0.05) is 13.8 Å². The average Bonchev–Trinajstić information content (AvgIpc) is 2.27. The SMILES string of the molecule is CC(C)CCCN(C)CCC1CNCCN1C. The maximum absolute atomic E-state index is 3.49. The van der Waals surface area contributed by atoms with Gasteiger partial charge in [0.1, 0.15) is 0 Å². The first-order valence-corrected chi connectivity index (χ1v) is 7.19. The van der Waals surface area contributed by atoms with Gasteiger partial charge in [0, 0.05) is 25.7 Å². The van der Waals surface area contributed by atoms with Crippen LogP contribution in [0, 0.1) is 5.92 Å². The molecule has 0 spiro atoms. The third-order valence-corrected chi connectivity index (χ3v) is 3.81. The second-order valence-corrected chi connectivity index (χ2v) is 5.97. The van der Waals surface area contributed by atoms with Crippen molar-refractivity contribution in [2.24, 2.45) is 5.92 Å². The van der Waals surface area contributed by atoms with Crippen molar-refractivity contribution in [2.75, 3.05) is 46.8 Å². The van der Waals surface area contributed by atoms with Gasteiger partial charge in [0.15, 0.2) is 0 Å². The molecule has 1 saturated heterocycles. The fourth-order valence-corrected chi connectivity index (χ4v) is 2.44. The molecule has 1 aliphatic rings. The highest BCUT2D eigenvalue weighted by Gasteiger charge is 2.18. The summed E-state index contributed by atoms with van der Waals surface area (Å²) in [6, 6.07) is 0.733. The van der Waals surface area contributed by atoms with E-state index in [1.165, 1.54) is 38.9 Å². The van der Waals surface area contributed by atoms with Gasteiger partial charge < -0.3 is 15.1 Å². The van der Waals surface area contributed by atoms with Gasteiger partial charge in [-0.25, -0.2) is 0 Å². The summed E-state index contributed by atoms with van der Waals surface area (Å²) in [7, 11) is 4.51. The van der Waals surface area contributed by atoms with Crippen LogP contribution in [-0.4, -0.2) is 62.7 Å². The van der Waals surface area contributed by atoms with Crippen molar-refractivity contribution in [1.29, 1.82) is 0 Å². The lowest BCUT2D eigenvalue weighted by molar-refractivity contribution is 0.172. The number of nitrogens with zero attached hydrogens (tertiary/aromatic N) is 2. The molecule has 0 saturated carbocycles. The van der Waals surface area contributed by atoms with Crippen LogP contribution in [0.15, 0.2) is 0 Å². The van der Waals surface area contributed by atoms with E-state index in [0.717, 1.165) is 25.0 Å². The molecule has 1 N–H and O–H groups in total. The minimum absolute atomic E-state index is 0.733. The Balaban J connectivity index is 2.07. The van der Waals surface area contributed by atoms with E-state index in [4.69, 9.17) is 0 Å². The summed E-state index contributed by atoms with van der Waals surface area (Å²) in [4.78, 5) is 4.99.